The molecule has 3 rings (SSSR count). The van der Waals surface area contributed by atoms with Crippen molar-refractivity contribution in [1.29, 1.82) is 0 Å². The molecule has 1 aliphatic rings. The largest absolute Gasteiger partial charge is 0.508 e. The quantitative estimate of drug-likeness (QED) is 0.809. The van der Waals surface area contributed by atoms with Crippen molar-refractivity contribution in [2.75, 3.05) is 39.0 Å². The first kappa shape index (κ1) is 19.2. The van der Waals surface area contributed by atoms with Gasteiger partial charge in [-0.1, -0.05) is 13.0 Å². The first-order valence-corrected chi connectivity index (χ1v) is 9.58. The number of phenols is 1. The van der Waals surface area contributed by atoms with Crippen molar-refractivity contribution in [1.82, 2.24) is 9.80 Å². The van der Waals surface area contributed by atoms with Gasteiger partial charge in [-0.05, 0) is 69.3 Å². The van der Waals surface area contributed by atoms with Crippen LogP contribution in [0.15, 0.2) is 42.5 Å². The molecule has 5 heteroatoms. The molecule has 5 nitrogen and oxygen atoms in total. The highest BCUT2D eigenvalue weighted by Gasteiger charge is 2.20. The number of likely N-dealkylation sites (N-methyl/N-ethyl adjacent to an activating group) is 1. The molecular weight excluding hydrogens is 338 g/mol. The molecule has 0 bridgehead atoms. The number of carbonyl (C=O) groups is 1. The van der Waals surface area contributed by atoms with Gasteiger partial charge in [-0.2, -0.15) is 0 Å². The number of benzene rings is 2. The molecule has 1 aliphatic heterocycles. The second-order valence-electron chi connectivity index (χ2n) is 7.60. The summed E-state index contributed by atoms with van der Waals surface area (Å²) >= 11 is 0. The van der Waals surface area contributed by atoms with Crippen LogP contribution >= 0.6 is 0 Å². The summed E-state index contributed by atoms with van der Waals surface area (Å²) in [6, 6.07) is 13.1. The Morgan fingerprint density at radius 2 is 1.81 bits per heavy atom. The molecule has 144 valence electrons. The summed E-state index contributed by atoms with van der Waals surface area (Å²) in [4.78, 5) is 16.5. The van der Waals surface area contributed by atoms with Crippen molar-refractivity contribution in [3.63, 3.8) is 0 Å². The highest BCUT2D eigenvalue weighted by Crippen LogP contribution is 2.34. The molecule has 1 heterocycles. The standard InChI is InChI=1S/C22H29N3O2/c1-16(15-24(2)3)21-19(7-6-8-20(21)26)23-18-11-9-17(10-12-18)22(27)25-13-4-5-14-25/h6-12,16,23,26H,4-5,13-15H2,1-3H3. The van der Waals surface area contributed by atoms with Crippen molar-refractivity contribution >= 4 is 17.3 Å². The number of anilines is 2. The molecule has 1 unspecified atom stereocenters. The van der Waals surface area contributed by atoms with E-state index < -0.39 is 0 Å². The predicted molar refractivity (Wildman–Crippen MR) is 110 cm³/mol. The van der Waals surface area contributed by atoms with Crippen LogP contribution in [-0.2, 0) is 0 Å². The minimum Gasteiger partial charge on any atom is -0.508 e. The third-order valence-corrected chi connectivity index (χ3v) is 5.02. The smallest absolute Gasteiger partial charge is 0.253 e. The van der Waals surface area contributed by atoms with Crippen molar-refractivity contribution in [2.45, 2.75) is 25.7 Å². The monoisotopic (exact) mass is 367 g/mol. The number of nitrogens with zero attached hydrogens (tertiary/aromatic N) is 2. The maximum Gasteiger partial charge on any atom is 0.253 e. The fourth-order valence-corrected chi connectivity index (χ4v) is 3.77. The molecule has 1 saturated heterocycles. The summed E-state index contributed by atoms with van der Waals surface area (Å²) in [5, 5.41) is 13.8. The number of aromatic hydroxyl groups is 1. The van der Waals surface area contributed by atoms with E-state index >= 15 is 0 Å². The molecule has 1 amide bonds. The number of hydrogen-bond acceptors (Lipinski definition) is 4. The molecule has 0 aromatic heterocycles. The molecule has 0 radical (unpaired) electrons. The van der Waals surface area contributed by atoms with Crippen LogP contribution in [0.2, 0.25) is 0 Å². The zero-order chi connectivity index (χ0) is 19.4. The number of rotatable bonds is 6. The molecule has 0 saturated carbocycles. The molecule has 2 N–H and O–H groups in total. The molecule has 1 atom stereocenters. The maximum absolute atomic E-state index is 12.5. The van der Waals surface area contributed by atoms with Gasteiger partial charge in [0.2, 0.25) is 0 Å². The van der Waals surface area contributed by atoms with E-state index in [2.05, 4.69) is 17.1 Å². The Labute approximate surface area is 161 Å². The molecule has 27 heavy (non-hydrogen) atoms. The van der Waals surface area contributed by atoms with Gasteiger partial charge in [0.25, 0.3) is 5.91 Å². The van der Waals surface area contributed by atoms with Crippen molar-refractivity contribution in [3.8, 4) is 5.75 Å². The lowest BCUT2D eigenvalue weighted by Crippen LogP contribution is -2.27. The van der Waals surface area contributed by atoms with Crippen LogP contribution in [0.25, 0.3) is 0 Å². The average Bonchev–Trinajstić information content (AvgIpc) is 3.16. The summed E-state index contributed by atoms with van der Waals surface area (Å²) in [6.45, 7) is 4.66. The third-order valence-electron chi connectivity index (χ3n) is 5.02. The molecular formula is C22H29N3O2. The Morgan fingerprint density at radius 3 is 2.44 bits per heavy atom. The van der Waals surface area contributed by atoms with Crippen molar-refractivity contribution in [3.05, 3.63) is 53.6 Å². The topological polar surface area (TPSA) is 55.8 Å². The van der Waals surface area contributed by atoms with Crippen molar-refractivity contribution in [2.24, 2.45) is 0 Å². The highest BCUT2D eigenvalue weighted by atomic mass is 16.3. The summed E-state index contributed by atoms with van der Waals surface area (Å²) in [7, 11) is 4.05. The number of amides is 1. The van der Waals surface area contributed by atoms with Crippen LogP contribution in [0.5, 0.6) is 5.75 Å². The van der Waals surface area contributed by atoms with Gasteiger partial charge in [-0.15, -0.1) is 0 Å². The van der Waals surface area contributed by atoms with Gasteiger partial charge in [0.15, 0.2) is 0 Å². The molecule has 2 aromatic rings. The van der Waals surface area contributed by atoms with Gasteiger partial charge in [0.05, 0.1) is 0 Å². The van der Waals surface area contributed by atoms with Gasteiger partial charge < -0.3 is 20.2 Å². The van der Waals surface area contributed by atoms with E-state index in [9.17, 15) is 9.90 Å². The van der Waals surface area contributed by atoms with Gasteiger partial charge in [0, 0.05) is 42.1 Å². The number of nitrogens with one attached hydrogen (secondary N) is 1. The minimum atomic E-state index is 0.108. The van der Waals surface area contributed by atoms with Crippen molar-refractivity contribution < 1.29 is 9.90 Å². The number of likely N-dealkylation sites (tertiary alicyclic amines) is 1. The average molecular weight is 367 g/mol. The fourth-order valence-electron chi connectivity index (χ4n) is 3.77. The van der Waals surface area contributed by atoms with Crippen LogP contribution in [0.4, 0.5) is 11.4 Å². The van der Waals surface area contributed by atoms with E-state index in [-0.39, 0.29) is 11.8 Å². The van der Waals surface area contributed by atoms with Gasteiger partial charge >= 0.3 is 0 Å². The lowest BCUT2D eigenvalue weighted by atomic mass is 9.97. The first-order valence-electron chi connectivity index (χ1n) is 9.58. The number of carbonyl (C=O) groups excluding carboxylic acids is 1. The number of hydrogen-bond donors (Lipinski definition) is 2. The second kappa shape index (κ2) is 8.44. The van der Waals surface area contributed by atoms with Crippen LogP contribution in [0, 0.1) is 0 Å². The Morgan fingerprint density at radius 1 is 1.15 bits per heavy atom. The van der Waals surface area contributed by atoms with Gasteiger partial charge in [-0.25, -0.2) is 0 Å². The SMILES string of the molecule is CC(CN(C)C)c1c(O)cccc1Nc1ccc(C(=O)N2CCCC2)cc1. The molecule has 2 aromatic carbocycles. The van der Waals surface area contributed by atoms with Crippen LogP contribution in [0.3, 0.4) is 0 Å². The first-order chi connectivity index (χ1) is 13.0. The second-order valence-corrected chi connectivity index (χ2v) is 7.60. The van der Waals surface area contributed by atoms with E-state index in [1.807, 2.05) is 55.4 Å². The lowest BCUT2D eigenvalue weighted by molar-refractivity contribution is 0.0793. The molecule has 0 aliphatic carbocycles. The van der Waals surface area contributed by atoms with E-state index in [4.69, 9.17) is 0 Å². The highest BCUT2D eigenvalue weighted by molar-refractivity contribution is 5.94. The Hall–Kier alpha value is -2.53. The van der Waals surface area contributed by atoms with E-state index in [1.165, 1.54) is 0 Å². The fraction of sp³-hybridized carbons (Fsp3) is 0.409. The van der Waals surface area contributed by atoms with Crippen LogP contribution in [-0.4, -0.2) is 54.5 Å². The lowest BCUT2D eigenvalue weighted by Gasteiger charge is -2.22. The normalized spacial score (nSPS) is 15.2. The van der Waals surface area contributed by atoms with E-state index in [1.54, 1.807) is 6.07 Å². The van der Waals surface area contributed by atoms with E-state index in [0.29, 0.717) is 5.75 Å². The molecule has 0 spiro atoms. The van der Waals surface area contributed by atoms with Crippen LogP contribution < -0.4 is 5.32 Å². The summed E-state index contributed by atoms with van der Waals surface area (Å²) in [6.07, 6.45) is 2.19. The summed E-state index contributed by atoms with van der Waals surface area (Å²) in [5.74, 6) is 0.589. The van der Waals surface area contributed by atoms with Gasteiger partial charge in [0.1, 0.15) is 5.75 Å². The molecule has 1 fully saturated rings. The maximum atomic E-state index is 12.5. The van der Waals surface area contributed by atoms with E-state index in [0.717, 1.165) is 55.0 Å². The Bertz CT molecular complexity index is 781. The minimum absolute atomic E-state index is 0.108. The van der Waals surface area contributed by atoms with Crippen LogP contribution in [0.1, 0.15) is 41.6 Å². The summed E-state index contributed by atoms with van der Waals surface area (Å²) in [5.41, 5.74) is 3.42. The number of phenolic OH excluding ortho intramolecular Hbond substituents is 1. The Balaban J connectivity index is 1.77. The zero-order valence-corrected chi connectivity index (χ0v) is 16.4. The zero-order valence-electron chi connectivity index (χ0n) is 16.4. The predicted octanol–water partition coefficient (Wildman–Crippen LogP) is 4.04. The summed E-state index contributed by atoms with van der Waals surface area (Å²) < 4.78 is 0. The third kappa shape index (κ3) is 4.61. The van der Waals surface area contributed by atoms with Gasteiger partial charge in [-0.3, -0.25) is 4.79 Å². The Kier molecular flexibility index (Phi) is 6.01.